The number of aryl methyl sites for hydroxylation is 1. The van der Waals surface area contributed by atoms with Crippen molar-refractivity contribution in [2.24, 2.45) is 12.0 Å². The van der Waals surface area contributed by atoms with E-state index in [4.69, 9.17) is 4.74 Å². The molecule has 9 heteroatoms. The van der Waals surface area contributed by atoms with Gasteiger partial charge in [-0.25, -0.2) is 8.42 Å². The third kappa shape index (κ3) is 4.94. The summed E-state index contributed by atoms with van der Waals surface area (Å²) in [5.41, 5.74) is 1.03. The molecule has 0 aliphatic carbocycles. The molecule has 0 spiro atoms. The van der Waals surface area contributed by atoms with Crippen molar-refractivity contribution in [3.05, 3.63) is 18.0 Å². The highest BCUT2D eigenvalue weighted by atomic mass is 32.2. The summed E-state index contributed by atoms with van der Waals surface area (Å²) >= 11 is 0. The summed E-state index contributed by atoms with van der Waals surface area (Å²) in [7, 11) is 0.424. The average Bonchev–Trinajstić information content (AvgIpc) is 2.97. The molecule has 0 radical (unpaired) electrons. The zero-order chi connectivity index (χ0) is 18.7. The zero-order valence-corrected chi connectivity index (χ0v) is 16.5. The van der Waals surface area contributed by atoms with Crippen LogP contribution in [-0.4, -0.2) is 72.8 Å². The van der Waals surface area contributed by atoms with E-state index in [2.05, 4.69) is 20.3 Å². The molecule has 2 heterocycles. The lowest BCUT2D eigenvalue weighted by Crippen LogP contribution is -2.49. The van der Waals surface area contributed by atoms with Crippen LogP contribution in [0.4, 0.5) is 0 Å². The molecule has 2 rings (SSSR count). The highest BCUT2D eigenvalue weighted by Crippen LogP contribution is 2.21. The summed E-state index contributed by atoms with van der Waals surface area (Å²) in [4.78, 5) is 6.38. The van der Waals surface area contributed by atoms with Crippen LogP contribution in [0, 0.1) is 0 Å². The molecule has 0 aromatic carbocycles. The highest BCUT2D eigenvalue weighted by Gasteiger charge is 2.29. The van der Waals surface area contributed by atoms with Gasteiger partial charge in [-0.1, -0.05) is 0 Å². The molecule has 142 valence electrons. The Morgan fingerprint density at radius 3 is 2.76 bits per heavy atom. The molecule has 1 unspecified atom stereocenters. The topological polar surface area (TPSA) is 88.8 Å². The maximum absolute atomic E-state index is 12.2. The van der Waals surface area contributed by atoms with E-state index >= 15 is 0 Å². The zero-order valence-electron chi connectivity index (χ0n) is 15.7. The number of aromatic nitrogens is 2. The number of morpholine rings is 1. The number of aliphatic imine (C=N–C) groups is 1. The number of nitrogens with one attached hydrogen (secondary N) is 1. The van der Waals surface area contributed by atoms with E-state index in [0.717, 1.165) is 5.56 Å². The molecular formula is C16H29N5O3S. The number of guanidine groups is 1. The first-order valence-corrected chi connectivity index (χ1v) is 10.1. The minimum Gasteiger partial charge on any atom is -0.370 e. The normalized spacial score (nSPS) is 20.0. The average molecular weight is 372 g/mol. The SMILES string of the molecule is CN=C(NCCS(=O)(=O)C(C)(C)C)N1CCOC(c2cnn(C)c2)C1. The van der Waals surface area contributed by atoms with Gasteiger partial charge >= 0.3 is 0 Å². The second kappa shape index (κ2) is 7.74. The highest BCUT2D eigenvalue weighted by molar-refractivity contribution is 7.92. The molecule has 1 N–H and O–H groups in total. The second-order valence-corrected chi connectivity index (χ2v) is 10.0. The molecule has 8 nitrogen and oxygen atoms in total. The van der Waals surface area contributed by atoms with Crippen LogP contribution in [0.5, 0.6) is 0 Å². The number of hydrogen-bond acceptors (Lipinski definition) is 5. The molecule has 1 aromatic heterocycles. The van der Waals surface area contributed by atoms with Crippen molar-refractivity contribution in [1.29, 1.82) is 0 Å². The van der Waals surface area contributed by atoms with Crippen molar-refractivity contribution in [3.63, 3.8) is 0 Å². The minimum atomic E-state index is -3.16. The predicted molar refractivity (Wildman–Crippen MR) is 98.4 cm³/mol. The lowest BCUT2D eigenvalue weighted by atomic mass is 10.1. The number of rotatable bonds is 4. The summed E-state index contributed by atoms with van der Waals surface area (Å²) in [6, 6.07) is 0. The number of nitrogens with zero attached hydrogens (tertiary/aromatic N) is 4. The van der Waals surface area contributed by atoms with E-state index in [1.54, 1.807) is 38.7 Å². The van der Waals surface area contributed by atoms with Gasteiger partial charge in [0.15, 0.2) is 15.8 Å². The molecule has 1 aliphatic rings. The molecule has 0 saturated carbocycles. The molecule has 1 atom stereocenters. The van der Waals surface area contributed by atoms with Gasteiger partial charge < -0.3 is 15.0 Å². The Hall–Kier alpha value is -1.61. The lowest BCUT2D eigenvalue weighted by molar-refractivity contribution is -0.00798. The van der Waals surface area contributed by atoms with Crippen molar-refractivity contribution in [1.82, 2.24) is 20.0 Å². The van der Waals surface area contributed by atoms with Crippen molar-refractivity contribution in [3.8, 4) is 0 Å². The monoisotopic (exact) mass is 371 g/mol. The van der Waals surface area contributed by atoms with Gasteiger partial charge in [0.1, 0.15) is 6.10 Å². The first-order valence-electron chi connectivity index (χ1n) is 8.42. The molecule has 1 saturated heterocycles. The largest absolute Gasteiger partial charge is 0.370 e. The van der Waals surface area contributed by atoms with Gasteiger partial charge in [-0.05, 0) is 20.8 Å². The number of sulfone groups is 1. The summed E-state index contributed by atoms with van der Waals surface area (Å²) < 4.78 is 31.3. The van der Waals surface area contributed by atoms with Crippen molar-refractivity contribution < 1.29 is 13.2 Å². The summed E-state index contributed by atoms with van der Waals surface area (Å²) in [5.74, 6) is 0.771. The van der Waals surface area contributed by atoms with E-state index in [0.29, 0.717) is 32.2 Å². The predicted octanol–water partition coefficient (Wildman–Crippen LogP) is 0.582. The van der Waals surface area contributed by atoms with E-state index < -0.39 is 14.6 Å². The van der Waals surface area contributed by atoms with Crippen LogP contribution in [0.1, 0.15) is 32.4 Å². The minimum absolute atomic E-state index is 0.0701. The summed E-state index contributed by atoms with van der Waals surface area (Å²) in [6.07, 6.45) is 3.68. The van der Waals surface area contributed by atoms with Crippen LogP contribution in [0.25, 0.3) is 0 Å². The summed E-state index contributed by atoms with van der Waals surface area (Å²) in [6.45, 7) is 7.44. The molecule has 1 fully saturated rings. The first kappa shape index (κ1) is 19.7. The van der Waals surface area contributed by atoms with E-state index in [-0.39, 0.29) is 11.9 Å². The maximum Gasteiger partial charge on any atom is 0.193 e. The van der Waals surface area contributed by atoms with Crippen LogP contribution >= 0.6 is 0 Å². The van der Waals surface area contributed by atoms with Crippen LogP contribution in [0.3, 0.4) is 0 Å². The van der Waals surface area contributed by atoms with Gasteiger partial charge in [0.25, 0.3) is 0 Å². The van der Waals surface area contributed by atoms with E-state index in [9.17, 15) is 8.42 Å². The Morgan fingerprint density at radius 2 is 2.20 bits per heavy atom. The first-order chi connectivity index (χ1) is 11.6. The number of hydrogen-bond donors (Lipinski definition) is 1. The fourth-order valence-corrected chi connectivity index (χ4v) is 3.57. The molecular weight excluding hydrogens is 342 g/mol. The fraction of sp³-hybridized carbons (Fsp3) is 0.750. The third-order valence-electron chi connectivity index (χ3n) is 4.26. The smallest absolute Gasteiger partial charge is 0.193 e. The Balaban J connectivity index is 1.94. The maximum atomic E-state index is 12.2. The van der Waals surface area contributed by atoms with Crippen molar-refractivity contribution in [2.45, 2.75) is 31.6 Å². The van der Waals surface area contributed by atoms with Crippen LogP contribution in [0.2, 0.25) is 0 Å². The van der Waals surface area contributed by atoms with Gasteiger partial charge in [0.2, 0.25) is 0 Å². The Morgan fingerprint density at radius 1 is 1.48 bits per heavy atom. The quantitative estimate of drug-likeness (QED) is 0.615. The van der Waals surface area contributed by atoms with Crippen molar-refractivity contribution in [2.75, 3.05) is 39.0 Å². The Labute approximate surface area is 150 Å². The van der Waals surface area contributed by atoms with Crippen LogP contribution in [0.15, 0.2) is 17.4 Å². The fourth-order valence-electron chi connectivity index (χ4n) is 2.59. The van der Waals surface area contributed by atoms with Crippen molar-refractivity contribution >= 4 is 15.8 Å². The van der Waals surface area contributed by atoms with Gasteiger partial charge in [-0.3, -0.25) is 9.67 Å². The summed E-state index contributed by atoms with van der Waals surface area (Å²) in [5, 5.41) is 7.35. The molecule has 1 aliphatic heterocycles. The van der Waals surface area contributed by atoms with E-state index in [1.807, 2.05) is 13.2 Å². The van der Waals surface area contributed by atoms with E-state index in [1.165, 1.54) is 0 Å². The van der Waals surface area contributed by atoms with Gasteiger partial charge in [-0.15, -0.1) is 0 Å². The standard InChI is InChI=1S/C16H29N5O3S/c1-16(2,3)25(22,23)9-6-18-15(17-4)21-7-8-24-14(12-21)13-10-19-20(5)11-13/h10-11,14H,6-9,12H2,1-5H3,(H,17,18). The van der Waals surface area contributed by atoms with Gasteiger partial charge in [-0.2, -0.15) is 5.10 Å². The molecule has 1 aromatic rings. The van der Waals surface area contributed by atoms with Crippen LogP contribution in [-0.2, 0) is 21.6 Å². The second-order valence-electron chi connectivity index (χ2n) is 7.16. The molecule has 25 heavy (non-hydrogen) atoms. The molecule has 0 amide bonds. The Bertz CT molecular complexity index is 706. The van der Waals surface area contributed by atoms with Gasteiger partial charge in [0, 0.05) is 38.9 Å². The third-order valence-corrected chi connectivity index (χ3v) is 6.87. The number of ether oxygens (including phenoxy) is 1. The van der Waals surface area contributed by atoms with Crippen LogP contribution < -0.4 is 5.32 Å². The lowest BCUT2D eigenvalue weighted by Gasteiger charge is -2.34. The Kier molecular flexibility index (Phi) is 6.10. The van der Waals surface area contributed by atoms with Gasteiger partial charge in [0.05, 0.1) is 29.8 Å². The molecule has 0 bridgehead atoms.